The van der Waals surface area contributed by atoms with Crippen molar-refractivity contribution in [1.82, 2.24) is 0 Å². The van der Waals surface area contributed by atoms with Gasteiger partial charge in [0.1, 0.15) is 0 Å². The first kappa shape index (κ1) is 14.8. The molecule has 0 spiro atoms. The van der Waals surface area contributed by atoms with Crippen LogP contribution in [-0.4, -0.2) is 37.7 Å². The second-order valence-electron chi connectivity index (χ2n) is 2.10. The zero-order valence-electron chi connectivity index (χ0n) is 8.45. The lowest BCUT2D eigenvalue weighted by Crippen LogP contribution is -2.10. The van der Waals surface area contributed by atoms with Crippen LogP contribution in [0.3, 0.4) is 0 Å². The third-order valence-corrected chi connectivity index (χ3v) is 0.946. The van der Waals surface area contributed by atoms with Crippen molar-refractivity contribution in [3.8, 4) is 0 Å². The van der Waals surface area contributed by atoms with Crippen LogP contribution < -0.4 is 0 Å². The molecule has 6 heteroatoms. The molecule has 0 bridgehead atoms. The average Bonchev–Trinajstić information content (AvgIpc) is 2.15. The van der Waals surface area contributed by atoms with Gasteiger partial charge in [-0.25, -0.2) is 9.59 Å². The predicted molar refractivity (Wildman–Crippen MR) is 45.4 cm³/mol. The first-order valence-electron chi connectivity index (χ1n) is 3.54. The number of Topliss-reactive ketones (excluding diaryl/α,β-unsaturated/α-hetero) is 2. The fraction of sp³-hybridized carbons (Fsp3) is 0.500. The van der Waals surface area contributed by atoms with E-state index in [9.17, 15) is 19.2 Å². The fourth-order valence-electron chi connectivity index (χ4n) is 0.287. The maximum absolute atomic E-state index is 9.94. The van der Waals surface area contributed by atoms with Crippen molar-refractivity contribution in [2.45, 2.75) is 13.8 Å². The molecular formula is C8H12O6. The second kappa shape index (κ2) is 7.90. The van der Waals surface area contributed by atoms with Gasteiger partial charge in [0.2, 0.25) is 11.6 Å². The van der Waals surface area contributed by atoms with Crippen LogP contribution in [-0.2, 0) is 28.7 Å². The molecule has 0 atom stereocenters. The zero-order valence-corrected chi connectivity index (χ0v) is 8.45. The molecular weight excluding hydrogens is 192 g/mol. The Balaban J connectivity index is 0. The summed E-state index contributed by atoms with van der Waals surface area (Å²) in [7, 11) is 2.34. The average molecular weight is 204 g/mol. The largest absolute Gasteiger partial charge is 0.463 e. The topological polar surface area (TPSA) is 86.7 Å². The molecule has 0 aliphatic heterocycles. The van der Waals surface area contributed by atoms with Gasteiger partial charge in [0.05, 0.1) is 14.2 Å². The summed E-state index contributed by atoms with van der Waals surface area (Å²) in [5.74, 6) is -2.72. The summed E-state index contributed by atoms with van der Waals surface area (Å²) in [6.45, 7) is 2.32. The number of methoxy groups -OCH3 is 2. The van der Waals surface area contributed by atoms with Gasteiger partial charge in [-0.05, 0) is 0 Å². The Morgan fingerprint density at radius 1 is 0.714 bits per heavy atom. The Morgan fingerprint density at radius 3 is 0.929 bits per heavy atom. The van der Waals surface area contributed by atoms with E-state index in [4.69, 9.17) is 0 Å². The van der Waals surface area contributed by atoms with Gasteiger partial charge in [0, 0.05) is 13.8 Å². The standard InChI is InChI=1S/2C4H6O3/c2*1-3(5)4(6)7-2/h2*1-2H3. The van der Waals surface area contributed by atoms with Crippen LogP contribution in [0.5, 0.6) is 0 Å². The molecule has 0 N–H and O–H groups in total. The van der Waals surface area contributed by atoms with E-state index in [1.54, 1.807) is 0 Å². The van der Waals surface area contributed by atoms with Gasteiger partial charge in [0.25, 0.3) is 0 Å². The molecule has 80 valence electrons. The molecule has 0 unspecified atom stereocenters. The highest BCUT2D eigenvalue weighted by Gasteiger charge is 2.03. The van der Waals surface area contributed by atoms with E-state index >= 15 is 0 Å². The molecule has 0 rings (SSSR count). The van der Waals surface area contributed by atoms with Crippen molar-refractivity contribution in [1.29, 1.82) is 0 Å². The van der Waals surface area contributed by atoms with Gasteiger partial charge < -0.3 is 9.47 Å². The molecule has 0 heterocycles. The van der Waals surface area contributed by atoms with Crippen molar-refractivity contribution in [2.75, 3.05) is 14.2 Å². The van der Waals surface area contributed by atoms with E-state index in [1.165, 1.54) is 14.2 Å². The minimum atomic E-state index is -0.792. The molecule has 0 aliphatic rings. The van der Waals surface area contributed by atoms with E-state index < -0.39 is 23.5 Å². The quantitative estimate of drug-likeness (QED) is 0.445. The van der Waals surface area contributed by atoms with Crippen molar-refractivity contribution in [3.63, 3.8) is 0 Å². The van der Waals surface area contributed by atoms with E-state index in [-0.39, 0.29) is 0 Å². The molecule has 0 radical (unpaired) electrons. The van der Waals surface area contributed by atoms with Crippen LogP contribution in [0.1, 0.15) is 13.8 Å². The normalized spacial score (nSPS) is 7.71. The molecule has 6 nitrogen and oxygen atoms in total. The SMILES string of the molecule is COC(=O)C(C)=O.COC(=O)C(C)=O. The van der Waals surface area contributed by atoms with Crippen molar-refractivity contribution in [3.05, 3.63) is 0 Å². The number of ketones is 2. The van der Waals surface area contributed by atoms with Gasteiger partial charge in [-0.15, -0.1) is 0 Å². The number of carbonyl (C=O) groups is 4. The summed E-state index contributed by atoms with van der Waals surface area (Å²) in [5, 5.41) is 0. The van der Waals surface area contributed by atoms with E-state index in [0.29, 0.717) is 0 Å². The van der Waals surface area contributed by atoms with Crippen molar-refractivity contribution < 1.29 is 28.7 Å². The third kappa shape index (κ3) is 8.38. The highest BCUT2D eigenvalue weighted by atomic mass is 16.5. The molecule has 0 aromatic carbocycles. The summed E-state index contributed by atoms with van der Waals surface area (Å²) in [6, 6.07) is 0. The minimum Gasteiger partial charge on any atom is -0.463 e. The molecule has 0 amide bonds. The summed E-state index contributed by atoms with van der Waals surface area (Å²) < 4.78 is 8.05. The number of ether oxygens (including phenoxy) is 2. The van der Waals surface area contributed by atoms with Crippen LogP contribution in [0, 0.1) is 0 Å². The number of rotatable bonds is 2. The lowest BCUT2D eigenvalue weighted by Gasteiger charge is -1.86. The third-order valence-electron chi connectivity index (χ3n) is 0.946. The van der Waals surface area contributed by atoms with E-state index in [2.05, 4.69) is 9.47 Å². The van der Waals surface area contributed by atoms with Gasteiger partial charge in [-0.2, -0.15) is 0 Å². The Morgan fingerprint density at radius 2 is 0.929 bits per heavy atom. The predicted octanol–water partition coefficient (Wildman–Crippen LogP) is -0.503. The van der Waals surface area contributed by atoms with Crippen LogP contribution in [0.4, 0.5) is 0 Å². The molecule has 0 aliphatic carbocycles. The Labute approximate surface area is 81.2 Å². The van der Waals surface area contributed by atoms with E-state index in [0.717, 1.165) is 13.8 Å². The summed E-state index contributed by atoms with van der Waals surface area (Å²) in [6.07, 6.45) is 0. The maximum Gasteiger partial charge on any atom is 0.374 e. The Bertz CT molecular complexity index is 216. The van der Waals surface area contributed by atoms with Gasteiger partial charge in [-0.1, -0.05) is 0 Å². The number of hydrogen-bond donors (Lipinski definition) is 0. The van der Waals surface area contributed by atoms with Gasteiger partial charge >= 0.3 is 11.9 Å². The van der Waals surface area contributed by atoms with E-state index in [1.807, 2.05) is 0 Å². The summed E-state index contributed by atoms with van der Waals surface area (Å²) >= 11 is 0. The minimum absolute atomic E-state index is 0.567. The summed E-state index contributed by atoms with van der Waals surface area (Å²) in [5.41, 5.74) is 0. The fourth-order valence-corrected chi connectivity index (χ4v) is 0.287. The Kier molecular flexibility index (Phi) is 8.35. The van der Waals surface area contributed by atoms with Crippen LogP contribution in [0.25, 0.3) is 0 Å². The van der Waals surface area contributed by atoms with Crippen molar-refractivity contribution >= 4 is 23.5 Å². The second-order valence-corrected chi connectivity index (χ2v) is 2.10. The smallest absolute Gasteiger partial charge is 0.374 e. The molecule has 14 heavy (non-hydrogen) atoms. The molecule has 0 saturated carbocycles. The lowest BCUT2D eigenvalue weighted by atomic mass is 10.5. The van der Waals surface area contributed by atoms with Crippen LogP contribution in [0.2, 0.25) is 0 Å². The first-order valence-corrected chi connectivity index (χ1v) is 3.54. The molecule has 0 aromatic heterocycles. The molecule has 0 saturated heterocycles. The molecule has 0 fully saturated rings. The number of carbonyl (C=O) groups excluding carboxylic acids is 4. The van der Waals surface area contributed by atoms with Gasteiger partial charge in [-0.3, -0.25) is 9.59 Å². The van der Waals surface area contributed by atoms with Crippen molar-refractivity contribution in [2.24, 2.45) is 0 Å². The zero-order chi connectivity index (χ0) is 11.7. The highest BCUT2D eigenvalue weighted by molar-refractivity contribution is 6.32. The monoisotopic (exact) mass is 204 g/mol. The van der Waals surface area contributed by atoms with Crippen LogP contribution in [0.15, 0.2) is 0 Å². The lowest BCUT2D eigenvalue weighted by molar-refractivity contribution is -0.150. The number of esters is 2. The van der Waals surface area contributed by atoms with Gasteiger partial charge in [0.15, 0.2) is 0 Å². The van der Waals surface area contributed by atoms with Crippen LogP contribution >= 0.6 is 0 Å². The number of hydrogen-bond acceptors (Lipinski definition) is 6. The molecule has 0 aromatic rings. The maximum atomic E-state index is 9.94. The summed E-state index contributed by atoms with van der Waals surface area (Å²) in [4.78, 5) is 39.7. The first-order chi connectivity index (χ1) is 6.36. The Hall–Kier alpha value is -1.72. The highest BCUT2D eigenvalue weighted by Crippen LogP contribution is 1.72.